The highest BCUT2D eigenvalue weighted by Gasteiger charge is 2.17. The fraction of sp³-hybridized carbons (Fsp3) is 0.333. The average Bonchev–Trinajstić information content (AvgIpc) is 2.59. The van der Waals surface area contributed by atoms with Crippen LogP contribution in [0.1, 0.15) is 44.2 Å². The molecule has 2 rings (SSSR count). The molecule has 2 aromatic rings. The molecule has 0 fully saturated rings. The number of hydrogen-bond donors (Lipinski definition) is 1. The van der Waals surface area contributed by atoms with Crippen molar-refractivity contribution in [2.24, 2.45) is 0 Å². The topological polar surface area (TPSA) is 49.4 Å². The maximum atomic E-state index is 13.4. The lowest BCUT2D eigenvalue weighted by atomic mass is 9.98. The molecule has 2 aromatic carbocycles. The summed E-state index contributed by atoms with van der Waals surface area (Å²) >= 11 is 5.80. The number of nitrogens with one attached hydrogen (secondary N) is 1. The fourth-order valence-corrected chi connectivity index (χ4v) is 3.05. The molecule has 0 aliphatic heterocycles. The second kappa shape index (κ2) is 9.00. The standard InChI is InChI=1S/C21H24ClFN2O2/c1-13(2)17-7-5-6-14(3)21(17)24-20(27)10-11-25(15(4)26)16-8-9-19(23)18(22)12-16/h5-9,12-13H,10-11H2,1-4H3,(H,24,27). The third kappa shape index (κ3) is 5.30. The first-order valence-corrected chi connectivity index (χ1v) is 9.21. The van der Waals surface area contributed by atoms with Gasteiger partial charge < -0.3 is 10.2 Å². The molecule has 0 aliphatic rings. The van der Waals surface area contributed by atoms with Gasteiger partial charge in [-0.1, -0.05) is 43.6 Å². The van der Waals surface area contributed by atoms with Crippen LogP contribution < -0.4 is 10.2 Å². The van der Waals surface area contributed by atoms with Crippen LogP contribution in [-0.4, -0.2) is 18.4 Å². The van der Waals surface area contributed by atoms with Crippen molar-refractivity contribution in [3.05, 3.63) is 58.4 Å². The van der Waals surface area contributed by atoms with Gasteiger partial charge in [-0.05, 0) is 42.2 Å². The maximum absolute atomic E-state index is 13.4. The molecule has 0 aromatic heterocycles. The number of anilines is 2. The van der Waals surface area contributed by atoms with E-state index in [0.717, 1.165) is 16.8 Å². The largest absolute Gasteiger partial charge is 0.326 e. The van der Waals surface area contributed by atoms with Crippen LogP contribution in [-0.2, 0) is 9.59 Å². The van der Waals surface area contributed by atoms with E-state index in [4.69, 9.17) is 11.6 Å². The first-order valence-electron chi connectivity index (χ1n) is 8.83. The van der Waals surface area contributed by atoms with Crippen LogP contribution in [0.15, 0.2) is 36.4 Å². The molecule has 0 spiro atoms. The van der Waals surface area contributed by atoms with Crippen molar-refractivity contribution in [1.82, 2.24) is 0 Å². The van der Waals surface area contributed by atoms with E-state index in [1.807, 2.05) is 25.1 Å². The predicted molar refractivity (Wildman–Crippen MR) is 108 cm³/mol. The summed E-state index contributed by atoms with van der Waals surface area (Å²) in [5.74, 6) is -0.715. The molecule has 0 bridgehead atoms. The van der Waals surface area contributed by atoms with Crippen molar-refractivity contribution in [1.29, 1.82) is 0 Å². The van der Waals surface area contributed by atoms with Crippen LogP contribution in [0.5, 0.6) is 0 Å². The highest BCUT2D eigenvalue weighted by Crippen LogP contribution is 2.28. The molecular formula is C21H24ClFN2O2. The minimum absolute atomic E-state index is 0.0651. The zero-order valence-electron chi connectivity index (χ0n) is 16.0. The van der Waals surface area contributed by atoms with E-state index >= 15 is 0 Å². The minimum atomic E-state index is -0.553. The highest BCUT2D eigenvalue weighted by atomic mass is 35.5. The van der Waals surface area contributed by atoms with Gasteiger partial charge in [0.1, 0.15) is 5.82 Å². The van der Waals surface area contributed by atoms with Gasteiger partial charge in [-0.25, -0.2) is 4.39 Å². The zero-order valence-corrected chi connectivity index (χ0v) is 16.7. The summed E-state index contributed by atoms with van der Waals surface area (Å²) in [4.78, 5) is 25.9. The first-order chi connectivity index (χ1) is 12.7. The summed E-state index contributed by atoms with van der Waals surface area (Å²) < 4.78 is 13.4. The Morgan fingerprint density at radius 3 is 2.52 bits per heavy atom. The number of carbonyl (C=O) groups is 2. The Bertz CT molecular complexity index is 852. The van der Waals surface area contributed by atoms with Gasteiger partial charge in [-0.15, -0.1) is 0 Å². The lowest BCUT2D eigenvalue weighted by Gasteiger charge is -2.22. The number of aryl methyl sites for hydroxylation is 1. The Balaban J connectivity index is 2.11. The monoisotopic (exact) mass is 390 g/mol. The van der Waals surface area contributed by atoms with Gasteiger partial charge in [0.25, 0.3) is 0 Å². The van der Waals surface area contributed by atoms with Crippen LogP contribution in [0.25, 0.3) is 0 Å². The Morgan fingerprint density at radius 1 is 1.22 bits per heavy atom. The maximum Gasteiger partial charge on any atom is 0.226 e. The van der Waals surface area contributed by atoms with Crippen molar-refractivity contribution in [2.45, 2.75) is 40.0 Å². The molecule has 0 heterocycles. The summed E-state index contributed by atoms with van der Waals surface area (Å²) in [7, 11) is 0. The molecule has 0 radical (unpaired) electrons. The highest BCUT2D eigenvalue weighted by molar-refractivity contribution is 6.31. The molecule has 6 heteroatoms. The molecule has 2 amide bonds. The van der Waals surface area contributed by atoms with Gasteiger partial charge in [-0.3, -0.25) is 9.59 Å². The number of amides is 2. The third-order valence-corrected chi connectivity index (χ3v) is 4.64. The van der Waals surface area contributed by atoms with Crippen LogP contribution in [0.2, 0.25) is 5.02 Å². The van der Waals surface area contributed by atoms with E-state index in [9.17, 15) is 14.0 Å². The van der Waals surface area contributed by atoms with Gasteiger partial charge in [0.05, 0.1) is 5.02 Å². The molecule has 0 saturated heterocycles. The van der Waals surface area contributed by atoms with Gasteiger partial charge in [-0.2, -0.15) is 0 Å². The Kier molecular flexibility index (Phi) is 6.97. The van der Waals surface area contributed by atoms with Gasteiger partial charge >= 0.3 is 0 Å². The number of hydrogen-bond acceptors (Lipinski definition) is 2. The molecule has 1 N–H and O–H groups in total. The molecule has 0 aliphatic carbocycles. The molecular weight excluding hydrogens is 367 g/mol. The molecule has 27 heavy (non-hydrogen) atoms. The Hall–Kier alpha value is -2.40. The number of para-hydroxylation sites is 1. The first kappa shape index (κ1) is 20.9. The van der Waals surface area contributed by atoms with E-state index < -0.39 is 5.82 Å². The van der Waals surface area contributed by atoms with Crippen LogP contribution >= 0.6 is 11.6 Å². The second-order valence-corrected chi connectivity index (χ2v) is 7.17. The molecule has 0 unspecified atom stereocenters. The molecule has 4 nitrogen and oxygen atoms in total. The Morgan fingerprint density at radius 2 is 1.93 bits per heavy atom. The SMILES string of the molecule is CC(=O)N(CCC(=O)Nc1c(C)cccc1C(C)C)c1ccc(F)c(Cl)c1. The van der Waals surface area contributed by atoms with Crippen LogP contribution in [0.4, 0.5) is 15.8 Å². The number of halogens is 2. The normalized spacial score (nSPS) is 10.8. The number of nitrogens with zero attached hydrogens (tertiary/aromatic N) is 1. The number of benzene rings is 2. The average molecular weight is 391 g/mol. The van der Waals surface area contributed by atoms with Crippen molar-refractivity contribution in [2.75, 3.05) is 16.8 Å². The summed E-state index contributed by atoms with van der Waals surface area (Å²) in [6.07, 6.45) is 0.112. The Labute approximate surface area is 164 Å². The third-order valence-electron chi connectivity index (χ3n) is 4.35. The minimum Gasteiger partial charge on any atom is -0.326 e. The van der Waals surface area contributed by atoms with Crippen LogP contribution in [0, 0.1) is 12.7 Å². The van der Waals surface area contributed by atoms with Crippen LogP contribution in [0.3, 0.4) is 0 Å². The van der Waals surface area contributed by atoms with E-state index in [1.165, 1.54) is 30.0 Å². The number of rotatable bonds is 6. The zero-order chi connectivity index (χ0) is 20.1. The quantitative estimate of drug-likeness (QED) is 0.728. The summed E-state index contributed by atoms with van der Waals surface area (Å²) in [5, 5.41) is 2.90. The van der Waals surface area contributed by atoms with E-state index in [0.29, 0.717) is 5.69 Å². The van der Waals surface area contributed by atoms with Crippen molar-refractivity contribution in [3.8, 4) is 0 Å². The van der Waals surface area contributed by atoms with Crippen molar-refractivity contribution >= 4 is 34.8 Å². The molecule has 0 atom stereocenters. The molecule has 144 valence electrons. The van der Waals surface area contributed by atoms with E-state index in [1.54, 1.807) is 0 Å². The van der Waals surface area contributed by atoms with E-state index in [-0.39, 0.29) is 35.7 Å². The second-order valence-electron chi connectivity index (χ2n) is 6.76. The smallest absolute Gasteiger partial charge is 0.226 e. The lowest BCUT2D eigenvalue weighted by Crippen LogP contribution is -2.32. The summed E-state index contributed by atoms with van der Waals surface area (Å²) in [6, 6.07) is 9.97. The molecule has 0 saturated carbocycles. The number of carbonyl (C=O) groups excluding carboxylic acids is 2. The van der Waals surface area contributed by atoms with Gasteiger partial charge in [0, 0.05) is 31.3 Å². The summed E-state index contributed by atoms with van der Waals surface area (Å²) in [6.45, 7) is 7.66. The van der Waals surface area contributed by atoms with Gasteiger partial charge in [0.15, 0.2) is 0 Å². The van der Waals surface area contributed by atoms with Gasteiger partial charge in [0.2, 0.25) is 11.8 Å². The summed E-state index contributed by atoms with van der Waals surface area (Å²) in [5.41, 5.74) is 3.33. The fourth-order valence-electron chi connectivity index (χ4n) is 2.88. The van der Waals surface area contributed by atoms with E-state index in [2.05, 4.69) is 19.2 Å². The lowest BCUT2D eigenvalue weighted by molar-refractivity contribution is -0.117. The van der Waals surface area contributed by atoms with Crippen molar-refractivity contribution < 1.29 is 14.0 Å². The predicted octanol–water partition coefficient (Wildman–Crippen LogP) is 5.29. The van der Waals surface area contributed by atoms with Crippen molar-refractivity contribution in [3.63, 3.8) is 0 Å².